The van der Waals surface area contributed by atoms with Crippen LogP contribution in [0.3, 0.4) is 0 Å². The SMILES string of the molecule is CC(=O)[C@H]1CCCC[C@@H]1C(C)C. The monoisotopic (exact) mass is 168 g/mol. The molecular weight excluding hydrogens is 148 g/mol. The molecule has 70 valence electrons. The molecule has 0 aliphatic heterocycles. The molecule has 1 saturated carbocycles. The maximum Gasteiger partial charge on any atom is 0.133 e. The van der Waals surface area contributed by atoms with Crippen molar-refractivity contribution in [2.75, 3.05) is 0 Å². The van der Waals surface area contributed by atoms with Crippen molar-refractivity contribution in [1.82, 2.24) is 0 Å². The van der Waals surface area contributed by atoms with Gasteiger partial charge in [-0.2, -0.15) is 0 Å². The first-order chi connectivity index (χ1) is 5.63. The van der Waals surface area contributed by atoms with E-state index in [2.05, 4.69) is 13.8 Å². The number of carbonyl (C=O) groups excluding carboxylic acids is 1. The lowest BCUT2D eigenvalue weighted by Crippen LogP contribution is -2.29. The smallest absolute Gasteiger partial charge is 0.133 e. The maximum absolute atomic E-state index is 11.3. The van der Waals surface area contributed by atoms with Gasteiger partial charge in [0.15, 0.2) is 0 Å². The van der Waals surface area contributed by atoms with Gasteiger partial charge in [-0.15, -0.1) is 0 Å². The standard InChI is InChI=1S/C11H20O/c1-8(2)10-6-4-5-7-11(10)9(3)12/h8,10-11H,4-7H2,1-3H3/t10-,11-/m1/s1. The summed E-state index contributed by atoms with van der Waals surface area (Å²) < 4.78 is 0. The predicted molar refractivity (Wildman–Crippen MR) is 51.0 cm³/mol. The Balaban J connectivity index is 2.60. The van der Waals surface area contributed by atoms with Gasteiger partial charge in [0.25, 0.3) is 0 Å². The Bertz CT molecular complexity index is 160. The molecular formula is C11H20O. The van der Waals surface area contributed by atoms with Crippen LogP contribution < -0.4 is 0 Å². The van der Waals surface area contributed by atoms with E-state index >= 15 is 0 Å². The highest BCUT2D eigenvalue weighted by molar-refractivity contribution is 5.78. The molecule has 0 saturated heterocycles. The van der Waals surface area contributed by atoms with Gasteiger partial charge in [0.1, 0.15) is 5.78 Å². The molecule has 0 radical (unpaired) electrons. The third-order valence-electron chi connectivity index (χ3n) is 3.20. The number of ketones is 1. The van der Waals surface area contributed by atoms with Gasteiger partial charge in [0.2, 0.25) is 0 Å². The summed E-state index contributed by atoms with van der Waals surface area (Å²) in [4.78, 5) is 11.3. The second kappa shape index (κ2) is 4.06. The second-order valence-corrected chi connectivity index (χ2v) is 4.41. The van der Waals surface area contributed by atoms with Crippen LogP contribution in [0.25, 0.3) is 0 Å². The summed E-state index contributed by atoms with van der Waals surface area (Å²) in [6.07, 6.45) is 4.99. The number of hydrogen-bond donors (Lipinski definition) is 0. The summed E-state index contributed by atoms with van der Waals surface area (Å²) in [6.45, 7) is 6.24. The Morgan fingerprint density at radius 3 is 2.25 bits per heavy atom. The van der Waals surface area contributed by atoms with E-state index in [9.17, 15) is 4.79 Å². The fraction of sp³-hybridized carbons (Fsp3) is 0.909. The van der Waals surface area contributed by atoms with Crippen LogP contribution in [0.2, 0.25) is 0 Å². The number of Topliss-reactive ketones (excluding diaryl/α,β-unsaturated/α-hetero) is 1. The minimum Gasteiger partial charge on any atom is -0.300 e. The van der Waals surface area contributed by atoms with E-state index in [0.29, 0.717) is 23.5 Å². The maximum atomic E-state index is 11.3. The van der Waals surface area contributed by atoms with Crippen LogP contribution in [0.4, 0.5) is 0 Å². The van der Waals surface area contributed by atoms with E-state index in [1.807, 2.05) is 0 Å². The molecule has 0 spiro atoms. The highest BCUT2D eigenvalue weighted by atomic mass is 16.1. The summed E-state index contributed by atoms with van der Waals surface area (Å²) in [6, 6.07) is 0. The second-order valence-electron chi connectivity index (χ2n) is 4.41. The molecule has 0 unspecified atom stereocenters. The van der Waals surface area contributed by atoms with E-state index in [1.54, 1.807) is 6.92 Å². The minimum atomic E-state index is 0.374. The first-order valence-corrected chi connectivity index (χ1v) is 5.13. The van der Waals surface area contributed by atoms with Gasteiger partial charge in [0.05, 0.1) is 0 Å². The van der Waals surface area contributed by atoms with Crippen molar-refractivity contribution in [3.8, 4) is 0 Å². The Kier molecular flexibility index (Phi) is 3.30. The van der Waals surface area contributed by atoms with Gasteiger partial charge in [-0.3, -0.25) is 4.79 Å². The zero-order valence-corrected chi connectivity index (χ0v) is 8.47. The Morgan fingerprint density at radius 1 is 1.25 bits per heavy atom. The molecule has 0 heterocycles. The average Bonchev–Trinajstić information content (AvgIpc) is 2.04. The molecule has 0 aromatic rings. The predicted octanol–water partition coefficient (Wildman–Crippen LogP) is 3.04. The first-order valence-electron chi connectivity index (χ1n) is 5.13. The first kappa shape index (κ1) is 9.76. The quantitative estimate of drug-likeness (QED) is 0.619. The number of rotatable bonds is 2. The van der Waals surface area contributed by atoms with Crippen molar-refractivity contribution < 1.29 is 4.79 Å². The van der Waals surface area contributed by atoms with E-state index < -0.39 is 0 Å². The van der Waals surface area contributed by atoms with E-state index in [-0.39, 0.29) is 0 Å². The van der Waals surface area contributed by atoms with Crippen LogP contribution in [0.1, 0.15) is 46.5 Å². The normalized spacial score (nSPS) is 30.7. The van der Waals surface area contributed by atoms with E-state index in [1.165, 1.54) is 19.3 Å². The molecule has 1 heteroatoms. The number of carbonyl (C=O) groups is 1. The molecule has 0 amide bonds. The van der Waals surface area contributed by atoms with Gasteiger partial charge < -0.3 is 0 Å². The van der Waals surface area contributed by atoms with Gasteiger partial charge in [0, 0.05) is 5.92 Å². The summed E-state index contributed by atoms with van der Waals surface area (Å²) in [5, 5.41) is 0. The lowest BCUT2D eigenvalue weighted by molar-refractivity contribution is -0.124. The molecule has 2 atom stereocenters. The van der Waals surface area contributed by atoms with Gasteiger partial charge in [-0.05, 0) is 31.6 Å². The molecule has 1 fully saturated rings. The summed E-state index contributed by atoms with van der Waals surface area (Å²) in [5.41, 5.74) is 0. The summed E-state index contributed by atoms with van der Waals surface area (Å²) in [5.74, 6) is 2.13. The highest BCUT2D eigenvalue weighted by Crippen LogP contribution is 2.35. The van der Waals surface area contributed by atoms with Crippen LogP contribution in [0.15, 0.2) is 0 Å². The largest absolute Gasteiger partial charge is 0.300 e. The van der Waals surface area contributed by atoms with Crippen molar-refractivity contribution in [1.29, 1.82) is 0 Å². The van der Waals surface area contributed by atoms with Crippen molar-refractivity contribution in [3.63, 3.8) is 0 Å². The zero-order chi connectivity index (χ0) is 9.14. The van der Waals surface area contributed by atoms with E-state index in [0.717, 1.165) is 6.42 Å². The van der Waals surface area contributed by atoms with Crippen molar-refractivity contribution >= 4 is 5.78 Å². The third kappa shape index (κ3) is 2.09. The average molecular weight is 168 g/mol. The zero-order valence-electron chi connectivity index (χ0n) is 8.47. The van der Waals surface area contributed by atoms with Crippen LogP contribution >= 0.6 is 0 Å². The molecule has 1 aliphatic carbocycles. The lowest BCUT2D eigenvalue weighted by Gasteiger charge is -2.32. The van der Waals surface area contributed by atoms with Crippen molar-refractivity contribution in [3.05, 3.63) is 0 Å². The summed E-state index contributed by atoms with van der Waals surface area (Å²) >= 11 is 0. The van der Waals surface area contributed by atoms with Crippen LogP contribution in [-0.2, 0) is 4.79 Å². The molecule has 0 aromatic heterocycles. The van der Waals surface area contributed by atoms with Gasteiger partial charge in [-0.1, -0.05) is 26.7 Å². The van der Waals surface area contributed by atoms with Crippen LogP contribution in [-0.4, -0.2) is 5.78 Å². The third-order valence-corrected chi connectivity index (χ3v) is 3.20. The van der Waals surface area contributed by atoms with Crippen molar-refractivity contribution in [2.45, 2.75) is 46.5 Å². The minimum absolute atomic E-state index is 0.374. The fourth-order valence-electron chi connectivity index (χ4n) is 2.46. The lowest BCUT2D eigenvalue weighted by atomic mass is 9.72. The van der Waals surface area contributed by atoms with Crippen LogP contribution in [0, 0.1) is 17.8 Å². The topological polar surface area (TPSA) is 17.1 Å². The molecule has 12 heavy (non-hydrogen) atoms. The highest BCUT2D eigenvalue weighted by Gasteiger charge is 2.30. The summed E-state index contributed by atoms with van der Waals surface area (Å²) in [7, 11) is 0. The molecule has 0 aromatic carbocycles. The molecule has 1 rings (SSSR count). The number of hydrogen-bond acceptors (Lipinski definition) is 1. The molecule has 0 bridgehead atoms. The Labute approximate surface area is 75.5 Å². The molecule has 1 aliphatic rings. The van der Waals surface area contributed by atoms with Crippen molar-refractivity contribution in [2.24, 2.45) is 17.8 Å². The Hall–Kier alpha value is -0.330. The molecule has 1 nitrogen and oxygen atoms in total. The van der Waals surface area contributed by atoms with Gasteiger partial charge >= 0.3 is 0 Å². The Morgan fingerprint density at radius 2 is 1.83 bits per heavy atom. The fourth-order valence-corrected chi connectivity index (χ4v) is 2.46. The van der Waals surface area contributed by atoms with Gasteiger partial charge in [-0.25, -0.2) is 0 Å². The molecule has 0 N–H and O–H groups in total. The van der Waals surface area contributed by atoms with E-state index in [4.69, 9.17) is 0 Å². The van der Waals surface area contributed by atoms with Crippen LogP contribution in [0.5, 0.6) is 0 Å².